The summed E-state index contributed by atoms with van der Waals surface area (Å²) in [6.07, 6.45) is 0.0335. The fourth-order valence-electron chi connectivity index (χ4n) is 2.50. The van der Waals surface area contributed by atoms with Crippen molar-refractivity contribution < 1.29 is 19.2 Å². The van der Waals surface area contributed by atoms with Crippen molar-refractivity contribution in [3.8, 4) is 0 Å². The highest BCUT2D eigenvalue weighted by Crippen LogP contribution is 2.35. The highest BCUT2D eigenvalue weighted by atomic mass is 79.9. The monoisotopic (exact) mass is 382 g/mol. The third-order valence-corrected chi connectivity index (χ3v) is 4.03. The van der Waals surface area contributed by atoms with Crippen LogP contribution in [0.15, 0.2) is 35.5 Å². The summed E-state index contributed by atoms with van der Waals surface area (Å²) in [5, 5.41) is 13.9. The number of nitrogens with one attached hydrogen (secondary N) is 1. The summed E-state index contributed by atoms with van der Waals surface area (Å²) in [5.41, 5.74) is 1.20. The number of nitrogens with zero attached hydrogens (tertiary/aromatic N) is 1. The lowest BCUT2D eigenvalue weighted by atomic mass is 9.84. The maximum atomic E-state index is 12.3. The molecule has 122 valence electrons. The highest BCUT2D eigenvalue weighted by molar-refractivity contribution is 9.09. The molecule has 8 heteroatoms. The summed E-state index contributed by atoms with van der Waals surface area (Å²) >= 11 is 3.25. The molecule has 1 aliphatic rings. The zero-order chi connectivity index (χ0) is 17.0. The number of hydrogen-bond donors (Lipinski definition) is 1. The standard InChI is InChI=1S/C15H15BrN2O5/c1-2-23-15(20)14-11(7-13(19)17-12(14)8-16)9-4-3-5-10(6-9)18(21)22/h3-6,11H,2,7-8H2,1H3,(H,17,19). The maximum Gasteiger partial charge on any atom is 0.336 e. The van der Waals surface area contributed by atoms with E-state index in [2.05, 4.69) is 21.2 Å². The first-order valence-electron chi connectivity index (χ1n) is 6.98. The van der Waals surface area contributed by atoms with Gasteiger partial charge in [-0.3, -0.25) is 14.9 Å². The Morgan fingerprint density at radius 3 is 2.87 bits per heavy atom. The van der Waals surface area contributed by atoms with Crippen molar-refractivity contribution in [1.29, 1.82) is 0 Å². The SMILES string of the molecule is CCOC(=O)C1=C(CBr)NC(=O)CC1c1cccc([N+](=O)[O-])c1. The van der Waals surface area contributed by atoms with Crippen molar-refractivity contribution in [3.63, 3.8) is 0 Å². The van der Waals surface area contributed by atoms with E-state index >= 15 is 0 Å². The molecule has 7 nitrogen and oxygen atoms in total. The Bertz CT molecular complexity index is 686. The summed E-state index contributed by atoms with van der Waals surface area (Å²) < 4.78 is 5.08. The fourth-order valence-corrected chi connectivity index (χ4v) is 2.95. The van der Waals surface area contributed by atoms with Gasteiger partial charge in [0, 0.05) is 35.5 Å². The number of nitro benzene ring substituents is 1. The number of rotatable bonds is 5. The van der Waals surface area contributed by atoms with Crippen molar-refractivity contribution >= 4 is 33.5 Å². The first-order chi connectivity index (χ1) is 11.0. The van der Waals surface area contributed by atoms with Crippen LogP contribution < -0.4 is 5.32 Å². The molecule has 23 heavy (non-hydrogen) atoms. The van der Waals surface area contributed by atoms with Crippen molar-refractivity contribution in [2.75, 3.05) is 11.9 Å². The van der Waals surface area contributed by atoms with Gasteiger partial charge in [0.05, 0.1) is 17.1 Å². The summed E-state index contributed by atoms with van der Waals surface area (Å²) in [4.78, 5) is 34.6. The number of nitro groups is 1. The second kappa shape index (κ2) is 7.36. The highest BCUT2D eigenvalue weighted by Gasteiger charge is 2.34. The molecule has 0 aliphatic carbocycles. The summed E-state index contributed by atoms with van der Waals surface area (Å²) in [6.45, 7) is 1.89. The van der Waals surface area contributed by atoms with Crippen LogP contribution in [0.2, 0.25) is 0 Å². The molecule has 1 atom stereocenters. The van der Waals surface area contributed by atoms with Crippen LogP contribution in [0.1, 0.15) is 24.8 Å². The van der Waals surface area contributed by atoms with E-state index in [1.54, 1.807) is 13.0 Å². The smallest absolute Gasteiger partial charge is 0.336 e. The molecule has 0 spiro atoms. The predicted molar refractivity (Wildman–Crippen MR) is 86.1 cm³/mol. The average Bonchev–Trinajstić information content (AvgIpc) is 2.54. The molecule has 1 aromatic rings. The van der Waals surface area contributed by atoms with Crippen LogP contribution in [0.5, 0.6) is 0 Å². The minimum Gasteiger partial charge on any atom is -0.463 e. The predicted octanol–water partition coefficient (Wildman–Crippen LogP) is 2.41. The van der Waals surface area contributed by atoms with E-state index in [-0.39, 0.29) is 30.0 Å². The minimum absolute atomic E-state index is 0.0335. The Hall–Kier alpha value is -2.22. The van der Waals surface area contributed by atoms with E-state index in [4.69, 9.17) is 4.74 Å². The number of esters is 1. The van der Waals surface area contributed by atoms with Gasteiger partial charge in [-0.1, -0.05) is 28.1 Å². The van der Waals surface area contributed by atoms with Gasteiger partial charge in [0.1, 0.15) is 0 Å². The number of alkyl halides is 1. The number of allylic oxidation sites excluding steroid dienone is 1. The van der Waals surface area contributed by atoms with Gasteiger partial charge in [-0.15, -0.1) is 0 Å². The topological polar surface area (TPSA) is 98.5 Å². The molecule has 0 bridgehead atoms. The molecule has 2 rings (SSSR count). The lowest BCUT2D eigenvalue weighted by Gasteiger charge is -2.27. The number of non-ortho nitro benzene ring substituents is 1. The number of carbonyl (C=O) groups excluding carboxylic acids is 2. The first-order valence-corrected chi connectivity index (χ1v) is 8.10. The zero-order valence-electron chi connectivity index (χ0n) is 12.4. The van der Waals surface area contributed by atoms with E-state index in [0.717, 1.165) is 0 Å². The Labute approximate surface area is 141 Å². The third-order valence-electron chi connectivity index (χ3n) is 3.47. The van der Waals surface area contributed by atoms with E-state index < -0.39 is 16.8 Å². The second-order valence-corrected chi connectivity index (χ2v) is 5.46. The van der Waals surface area contributed by atoms with Crippen LogP contribution in [-0.2, 0) is 14.3 Å². The van der Waals surface area contributed by atoms with Crippen molar-refractivity contribution in [2.24, 2.45) is 0 Å². The van der Waals surface area contributed by atoms with Gasteiger partial charge in [0.15, 0.2) is 0 Å². The number of hydrogen-bond acceptors (Lipinski definition) is 5. The molecular formula is C15H15BrN2O5. The summed E-state index contributed by atoms with van der Waals surface area (Å²) in [7, 11) is 0. The number of carbonyl (C=O) groups is 2. The van der Waals surface area contributed by atoms with Gasteiger partial charge < -0.3 is 10.1 Å². The minimum atomic E-state index is -0.574. The molecule has 1 unspecified atom stereocenters. The van der Waals surface area contributed by atoms with E-state index in [9.17, 15) is 19.7 Å². The van der Waals surface area contributed by atoms with Gasteiger partial charge in [0.25, 0.3) is 5.69 Å². The van der Waals surface area contributed by atoms with E-state index in [0.29, 0.717) is 16.8 Å². The Balaban J connectivity index is 2.52. The van der Waals surface area contributed by atoms with Gasteiger partial charge >= 0.3 is 5.97 Å². The van der Waals surface area contributed by atoms with E-state index in [1.807, 2.05) is 0 Å². The summed E-state index contributed by atoms with van der Waals surface area (Å²) in [5.74, 6) is -1.35. The van der Waals surface area contributed by atoms with Gasteiger partial charge in [-0.2, -0.15) is 0 Å². The third kappa shape index (κ3) is 3.76. The largest absolute Gasteiger partial charge is 0.463 e. The Morgan fingerprint density at radius 1 is 1.52 bits per heavy atom. The van der Waals surface area contributed by atoms with E-state index in [1.165, 1.54) is 18.2 Å². The maximum absolute atomic E-state index is 12.3. The van der Waals surface area contributed by atoms with Gasteiger partial charge in [-0.25, -0.2) is 4.79 Å². The molecular weight excluding hydrogens is 368 g/mol. The van der Waals surface area contributed by atoms with Crippen molar-refractivity contribution in [1.82, 2.24) is 5.32 Å². The van der Waals surface area contributed by atoms with Gasteiger partial charge in [0.2, 0.25) is 5.91 Å². The molecule has 1 aliphatic heterocycles. The molecule has 0 radical (unpaired) electrons. The molecule has 1 heterocycles. The zero-order valence-corrected chi connectivity index (χ0v) is 14.0. The molecule has 0 saturated carbocycles. The van der Waals surface area contributed by atoms with Crippen LogP contribution in [-0.4, -0.2) is 28.7 Å². The number of halogens is 1. The first kappa shape index (κ1) is 17.1. The number of ether oxygens (including phenoxy) is 1. The molecule has 1 N–H and O–H groups in total. The number of benzene rings is 1. The normalized spacial score (nSPS) is 17.7. The van der Waals surface area contributed by atoms with Crippen LogP contribution >= 0.6 is 15.9 Å². The van der Waals surface area contributed by atoms with Crippen LogP contribution in [0.3, 0.4) is 0 Å². The number of amides is 1. The summed E-state index contributed by atoms with van der Waals surface area (Å²) in [6, 6.07) is 5.96. The quantitative estimate of drug-likeness (QED) is 0.364. The Morgan fingerprint density at radius 2 is 2.26 bits per heavy atom. The molecule has 1 aromatic carbocycles. The average molecular weight is 383 g/mol. The molecule has 0 aromatic heterocycles. The van der Waals surface area contributed by atoms with Crippen LogP contribution in [0, 0.1) is 10.1 Å². The lowest BCUT2D eigenvalue weighted by Crippen LogP contribution is -2.35. The van der Waals surface area contributed by atoms with Gasteiger partial charge in [-0.05, 0) is 12.5 Å². The fraction of sp³-hybridized carbons (Fsp3) is 0.333. The van der Waals surface area contributed by atoms with Crippen molar-refractivity contribution in [2.45, 2.75) is 19.3 Å². The second-order valence-electron chi connectivity index (χ2n) is 4.90. The molecule has 0 fully saturated rings. The molecule has 0 saturated heterocycles. The lowest BCUT2D eigenvalue weighted by molar-refractivity contribution is -0.384. The van der Waals surface area contributed by atoms with Crippen molar-refractivity contribution in [3.05, 3.63) is 51.2 Å². The van der Waals surface area contributed by atoms with Crippen LogP contribution in [0.4, 0.5) is 5.69 Å². The Kier molecular flexibility index (Phi) is 5.49. The molecule has 1 amide bonds. The van der Waals surface area contributed by atoms with Crippen LogP contribution in [0.25, 0.3) is 0 Å².